The fraction of sp³-hybridized carbons (Fsp3) is 1.00. The number of hydrogen-bond acceptors (Lipinski definition) is 5. The summed E-state index contributed by atoms with van der Waals surface area (Å²) in [5.41, 5.74) is 0. The molecule has 0 bridgehead atoms. The Morgan fingerprint density at radius 1 is 0.842 bits per heavy atom. The summed E-state index contributed by atoms with van der Waals surface area (Å²) in [7, 11) is 15.4. The summed E-state index contributed by atoms with van der Waals surface area (Å²) in [5, 5.41) is 14.6. The molecule has 3 nitrogen and oxygen atoms in total. The van der Waals surface area contributed by atoms with Crippen LogP contribution in [0.15, 0.2) is 0 Å². The summed E-state index contributed by atoms with van der Waals surface area (Å²) in [4.78, 5) is 0. The van der Waals surface area contributed by atoms with Gasteiger partial charge in [-0.05, 0) is 13.8 Å². The highest BCUT2D eigenvalue weighted by molar-refractivity contribution is 8.73. The molecule has 0 rings (SSSR count). The van der Waals surface area contributed by atoms with Crippen LogP contribution in [-0.4, -0.2) is 37.6 Å². The Balaban J connectivity index is -0.000000104. The molecule has 0 saturated heterocycles. The van der Waals surface area contributed by atoms with Crippen LogP contribution in [-0.2, 0) is 98.2 Å². The first-order valence-corrected chi connectivity index (χ1v) is 16.4. The molecule has 0 aromatic rings. The molecule has 0 aliphatic heterocycles. The summed E-state index contributed by atoms with van der Waals surface area (Å²) in [6.45, 7) is 4.71. The molecule has 0 amide bonds. The van der Waals surface area contributed by atoms with E-state index in [1.165, 1.54) is 17.8 Å². The maximum Gasteiger partial charge on any atom is 0.0433 e. The fourth-order valence-electron chi connectivity index (χ4n) is 0.0680. The predicted octanol–water partition coefficient (Wildman–Crippen LogP) is 0.236. The highest BCUT2D eigenvalue weighted by Crippen LogP contribution is 1.52. The largest absolute Gasteiger partial charge is 0.400 e. The molecular formula is C6H18O3S10. The summed E-state index contributed by atoms with van der Waals surface area (Å²) < 4.78 is 4.54. The summed E-state index contributed by atoms with van der Waals surface area (Å²) in [5.74, 6) is 0. The van der Waals surface area contributed by atoms with Crippen LogP contribution < -0.4 is 0 Å². The first-order valence-electron chi connectivity index (χ1n) is 4.37. The summed E-state index contributed by atoms with van der Waals surface area (Å²) >= 11 is 9.31. The molecule has 0 atom stereocenters. The van der Waals surface area contributed by atoms with E-state index in [0.717, 1.165) is 13.7 Å². The molecule has 0 unspecified atom stereocenters. The summed E-state index contributed by atoms with van der Waals surface area (Å²) in [6.07, 6.45) is 0. The Morgan fingerprint density at radius 2 is 1.05 bits per heavy atom. The van der Waals surface area contributed by atoms with Gasteiger partial charge in [0.15, 0.2) is 0 Å². The van der Waals surface area contributed by atoms with Crippen LogP contribution in [0.1, 0.15) is 13.8 Å². The van der Waals surface area contributed by atoms with Gasteiger partial charge in [0.25, 0.3) is 0 Å². The smallest absolute Gasteiger partial charge is 0.0433 e. The molecule has 0 aliphatic carbocycles. The molecule has 0 saturated carbocycles. The normalized spacial score (nSPS) is 6.42. The monoisotopic (exact) mass is 458 g/mol. The minimum Gasteiger partial charge on any atom is -0.400 e. The Labute approximate surface area is 148 Å². The summed E-state index contributed by atoms with van der Waals surface area (Å²) in [6, 6.07) is 0. The van der Waals surface area contributed by atoms with Crippen molar-refractivity contribution in [3.8, 4) is 0 Å². The van der Waals surface area contributed by atoms with E-state index in [-0.39, 0.29) is 6.61 Å². The lowest BCUT2D eigenvalue weighted by atomic mass is 10.9. The molecule has 120 valence electrons. The average molecular weight is 459 g/mol. The quantitative estimate of drug-likeness (QED) is 0.589. The molecule has 0 aliphatic rings. The van der Waals surface area contributed by atoms with Crippen LogP contribution >= 0.6 is 0 Å². The SMILES string of the molecule is CCO.CCOC.CO.S=S=S=S=S=S=S=S=S=S. The first kappa shape index (κ1) is 29.1. The van der Waals surface area contributed by atoms with Crippen molar-refractivity contribution in [3.63, 3.8) is 0 Å². The standard InChI is InChI=1S/C3H8O.C2H6O.CH4O.S10/c1-3-4-2;1-2-3;1-2;1-3-5-7-9-10-8-6-4-2/h3H2,1-2H3;3H,2H2,1H3;2H,1H3;. The van der Waals surface area contributed by atoms with E-state index in [4.69, 9.17) is 10.2 Å². The zero-order valence-corrected chi connectivity index (χ0v) is 19.0. The van der Waals surface area contributed by atoms with Gasteiger partial charge in [0, 0.05) is 121 Å². The molecule has 13 heteroatoms. The topological polar surface area (TPSA) is 49.7 Å². The minimum absolute atomic E-state index is 0.250. The highest BCUT2D eigenvalue weighted by atomic mass is 33.4. The third-order valence-electron chi connectivity index (χ3n) is 0.483. The first-order chi connectivity index (χ1) is 9.24. The van der Waals surface area contributed by atoms with E-state index < -0.39 is 0 Å². The van der Waals surface area contributed by atoms with E-state index in [0.29, 0.717) is 0 Å². The van der Waals surface area contributed by atoms with Gasteiger partial charge in [-0.2, -0.15) is 0 Å². The molecule has 0 spiro atoms. The second kappa shape index (κ2) is 42.7. The van der Waals surface area contributed by atoms with E-state index in [2.05, 4.69) is 27.1 Å². The lowest BCUT2D eigenvalue weighted by molar-refractivity contribution is 0.215. The van der Waals surface area contributed by atoms with Gasteiger partial charge in [0.1, 0.15) is 0 Å². The maximum atomic E-state index is 7.57. The second-order valence-electron chi connectivity index (χ2n) is 1.44. The number of aliphatic hydroxyl groups excluding tert-OH is 2. The van der Waals surface area contributed by atoms with Crippen molar-refractivity contribution in [1.82, 2.24) is 0 Å². The molecule has 0 radical (unpaired) electrons. The van der Waals surface area contributed by atoms with Crippen molar-refractivity contribution < 1.29 is 14.9 Å². The van der Waals surface area contributed by atoms with Crippen LogP contribution in [0, 0.1) is 0 Å². The van der Waals surface area contributed by atoms with Crippen LogP contribution in [0.2, 0.25) is 0 Å². The molecule has 0 aromatic heterocycles. The van der Waals surface area contributed by atoms with E-state index in [9.17, 15) is 0 Å². The average Bonchev–Trinajstić information content (AvgIpc) is 2.46. The Hall–Kier alpha value is 2.08. The van der Waals surface area contributed by atoms with Gasteiger partial charge < -0.3 is 14.9 Å². The number of methoxy groups -OCH3 is 1. The lowest BCUT2D eigenvalue weighted by Gasteiger charge is -1.76. The number of hydrogen-bond donors (Lipinski definition) is 2. The Morgan fingerprint density at radius 3 is 1.21 bits per heavy atom. The highest BCUT2D eigenvalue weighted by Gasteiger charge is 1.51. The van der Waals surface area contributed by atoms with Crippen molar-refractivity contribution in [2.24, 2.45) is 0 Å². The van der Waals surface area contributed by atoms with Gasteiger partial charge in [-0.1, -0.05) is 0 Å². The molecule has 2 N–H and O–H groups in total. The molecule has 0 aromatic carbocycles. The molecule has 0 fully saturated rings. The van der Waals surface area contributed by atoms with Gasteiger partial charge in [0.05, 0.1) is 0 Å². The third kappa shape index (κ3) is 64.6. The minimum atomic E-state index is 0.250. The zero-order chi connectivity index (χ0) is 15.8. The molecular weight excluding hydrogens is 441 g/mol. The van der Waals surface area contributed by atoms with Crippen molar-refractivity contribution in [1.29, 1.82) is 0 Å². The van der Waals surface area contributed by atoms with Crippen LogP contribution in [0.5, 0.6) is 0 Å². The van der Waals surface area contributed by atoms with Crippen LogP contribution in [0.4, 0.5) is 0 Å². The van der Waals surface area contributed by atoms with Crippen LogP contribution in [0.25, 0.3) is 0 Å². The predicted molar refractivity (Wildman–Crippen MR) is 112 cm³/mol. The number of rotatable bonds is 1. The second-order valence-corrected chi connectivity index (χ2v) is 15.6. The molecule has 19 heavy (non-hydrogen) atoms. The maximum absolute atomic E-state index is 7.57. The zero-order valence-electron chi connectivity index (χ0n) is 10.8. The van der Waals surface area contributed by atoms with Gasteiger partial charge in [-0.3, -0.25) is 0 Å². The number of aliphatic hydroxyl groups is 2. The van der Waals surface area contributed by atoms with Gasteiger partial charge >= 0.3 is 0 Å². The van der Waals surface area contributed by atoms with Gasteiger partial charge in [-0.15, -0.1) is 0 Å². The number of ether oxygens (including phenoxy) is 1. The van der Waals surface area contributed by atoms with E-state index in [1.54, 1.807) is 67.3 Å². The van der Waals surface area contributed by atoms with Crippen molar-refractivity contribution in [2.75, 3.05) is 27.4 Å². The lowest BCUT2D eigenvalue weighted by Crippen LogP contribution is -1.73. The van der Waals surface area contributed by atoms with E-state index >= 15 is 0 Å². The van der Waals surface area contributed by atoms with Crippen molar-refractivity contribution in [2.45, 2.75) is 13.8 Å². The molecule has 0 heterocycles. The van der Waals surface area contributed by atoms with Crippen molar-refractivity contribution >= 4 is 93.4 Å². The van der Waals surface area contributed by atoms with E-state index in [1.807, 2.05) is 6.92 Å². The van der Waals surface area contributed by atoms with Gasteiger partial charge in [-0.25, -0.2) is 0 Å². The third-order valence-corrected chi connectivity index (χ3v) is 16.0. The Bertz CT molecular complexity index is 402. The van der Waals surface area contributed by atoms with Gasteiger partial charge in [0.2, 0.25) is 0 Å². The fourth-order valence-corrected chi connectivity index (χ4v) is 16.5. The van der Waals surface area contributed by atoms with Crippen LogP contribution in [0.3, 0.4) is 0 Å². The van der Waals surface area contributed by atoms with Crippen molar-refractivity contribution in [3.05, 3.63) is 0 Å². The Kier molecular flexibility index (Phi) is 65.5.